The van der Waals surface area contributed by atoms with Gasteiger partial charge in [0, 0.05) is 23.4 Å². The molecule has 2 N–H and O–H groups in total. The molecule has 0 aliphatic carbocycles. The van der Waals surface area contributed by atoms with Crippen molar-refractivity contribution >= 4 is 11.8 Å². The summed E-state index contributed by atoms with van der Waals surface area (Å²) in [4.78, 5) is 0.896. The van der Waals surface area contributed by atoms with Gasteiger partial charge in [0.25, 0.3) is 0 Å². The monoisotopic (exact) mass is 265 g/mol. The molecule has 0 saturated carbocycles. The van der Waals surface area contributed by atoms with E-state index in [1.54, 1.807) is 24.0 Å². The Balaban J connectivity index is 1.98. The number of benzene rings is 1. The van der Waals surface area contributed by atoms with E-state index in [1.165, 1.54) is 12.1 Å². The summed E-state index contributed by atoms with van der Waals surface area (Å²) in [7, 11) is 0. The van der Waals surface area contributed by atoms with Gasteiger partial charge in [-0.15, -0.1) is 11.8 Å². The maximum absolute atomic E-state index is 13.0. The van der Waals surface area contributed by atoms with Gasteiger partial charge in [0.1, 0.15) is 5.82 Å². The van der Waals surface area contributed by atoms with E-state index < -0.39 is 0 Å². The van der Waals surface area contributed by atoms with E-state index in [0.29, 0.717) is 5.75 Å². The average molecular weight is 265 g/mol. The molecule has 0 radical (unpaired) electrons. The minimum atomic E-state index is -0.216. The van der Waals surface area contributed by atoms with Crippen LogP contribution in [0.1, 0.15) is 18.7 Å². The number of hydrogen-bond acceptors (Lipinski definition) is 3. The smallest absolute Gasteiger partial charge is 0.124 e. The lowest BCUT2D eigenvalue weighted by Crippen LogP contribution is -2.18. The van der Waals surface area contributed by atoms with Crippen LogP contribution in [-0.4, -0.2) is 15.5 Å². The molecule has 0 fully saturated rings. The summed E-state index contributed by atoms with van der Waals surface area (Å²) < 4.78 is 14.9. The maximum atomic E-state index is 13.0. The highest BCUT2D eigenvalue weighted by Crippen LogP contribution is 2.23. The van der Waals surface area contributed by atoms with Crippen LogP contribution in [0.3, 0.4) is 0 Å². The van der Waals surface area contributed by atoms with E-state index in [4.69, 9.17) is 5.73 Å². The van der Waals surface area contributed by atoms with E-state index in [-0.39, 0.29) is 11.9 Å². The Labute approximate surface area is 110 Å². The van der Waals surface area contributed by atoms with Gasteiger partial charge in [0.2, 0.25) is 0 Å². The first-order chi connectivity index (χ1) is 8.70. The highest BCUT2D eigenvalue weighted by molar-refractivity contribution is 7.99. The summed E-state index contributed by atoms with van der Waals surface area (Å²) in [5, 5.41) is 4.19. The second-order valence-corrected chi connectivity index (χ2v) is 5.04. The van der Waals surface area contributed by atoms with Crippen LogP contribution in [0.15, 0.2) is 41.4 Å². The number of rotatable bonds is 5. The standard InChI is InChI=1S/C13H16FN3S/c1-2-17-13(6-7-16-17)12(15)9-18-11-5-3-4-10(14)8-11/h3-8,12H,2,9,15H2,1H3. The van der Waals surface area contributed by atoms with Gasteiger partial charge in [-0.1, -0.05) is 6.07 Å². The van der Waals surface area contributed by atoms with Gasteiger partial charge in [0.15, 0.2) is 0 Å². The Kier molecular flexibility index (Phi) is 4.38. The van der Waals surface area contributed by atoms with Gasteiger partial charge < -0.3 is 5.73 Å². The molecular formula is C13H16FN3S. The van der Waals surface area contributed by atoms with Crippen molar-refractivity contribution in [1.29, 1.82) is 0 Å². The van der Waals surface area contributed by atoms with Crippen molar-refractivity contribution in [2.75, 3.05) is 5.75 Å². The van der Waals surface area contributed by atoms with E-state index >= 15 is 0 Å². The fraction of sp³-hybridized carbons (Fsp3) is 0.308. The molecule has 2 rings (SSSR count). The van der Waals surface area contributed by atoms with Crippen molar-refractivity contribution in [3.63, 3.8) is 0 Å². The van der Waals surface area contributed by atoms with Crippen molar-refractivity contribution < 1.29 is 4.39 Å². The third-order valence-electron chi connectivity index (χ3n) is 2.65. The fourth-order valence-electron chi connectivity index (χ4n) is 1.75. The molecule has 2 aromatic rings. The zero-order valence-corrected chi connectivity index (χ0v) is 11.0. The SMILES string of the molecule is CCn1nccc1C(N)CSc1cccc(F)c1. The third kappa shape index (κ3) is 3.11. The second kappa shape index (κ2) is 6.02. The lowest BCUT2D eigenvalue weighted by Gasteiger charge is -2.13. The van der Waals surface area contributed by atoms with Crippen molar-refractivity contribution in [2.24, 2.45) is 5.73 Å². The summed E-state index contributed by atoms with van der Waals surface area (Å²) in [5.74, 6) is 0.488. The van der Waals surface area contributed by atoms with Gasteiger partial charge >= 0.3 is 0 Å². The van der Waals surface area contributed by atoms with E-state index in [2.05, 4.69) is 5.10 Å². The summed E-state index contributed by atoms with van der Waals surface area (Å²) in [5.41, 5.74) is 7.14. The molecule has 3 nitrogen and oxygen atoms in total. The summed E-state index contributed by atoms with van der Waals surface area (Å²) in [6.45, 7) is 2.84. The minimum Gasteiger partial charge on any atom is -0.322 e. The Morgan fingerprint density at radius 2 is 2.28 bits per heavy atom. The van der Waals surface area contributed by atoms with Crippen molar-refractivity contribution in [3.8, 4) is 0 Å². The van der Waals surface area contributed by atoms with Gasteiger partial charge in [-0.3, -0.25) is 4.68 Å². The lowest BCUT2D eigenvalue weighted by molar-refractivity contribution is 0.592. The van der Waals surface area contributed by atoms with Crippen LogP contribution in [0.5, 0.6) is 0 Å². The molecule has 1 unspecified atom stereocenters. The summed E-state index contributed by atoms with van der Waals surface area (Å²) in [6.07, 6.45) is 1.76. The van der Waals surface area contributed by atoms with Crippen molar-refractivity contribution in [3.05, 3.63) is 48.0 Å². The predicted molar refractivity (Wildman–Crippen MR) is 72.0 cm³/mol. The molecule has 0 saturated heterocycles. The topological polar surface area (TPSA) is 43.8 Å². The molecule has 1 atom stereocenters. The molecule has 0 aliphatic heterocycles. The first-order valence-electron chi connectivity index (χ1n) is 5.86. The van der Waals surface area contributed by atoms with E-state index in [0.717, 1.165) is 17.1 Å². The molecule has 0 amide bonds. The van der Waals surface area contributed by atoms with Gasteiger partial charge in [-0.2, -0.15) is 5.10 Å². The van der Waals surface area contributed by atoms with Crippen LogP contribution in [0.4, 0.5) is 4.39 Å². The average Bonchev–Trinajstić information content (AvgIpc) is 2.84. The van der Waals surface area contributed by atoms with Crippen LogP contribution in [0.2, 0.25) is 0 Å². The molecule has 0 bridgehead atoms. The van der Waals surface area contributed by atoms with Crippen LogP contribution < -0.4 is 5.73 Å². The van der Waals surface area contributed by atoms with Crippen molar-refractivity contribution in [1.82, 2.24) is 9.78 Å². The van der Waals surface area contributed by atoms with Crippen LogP contribution >= 0.6 is 11.8 Å². The van der Waals surface area contributed by atoms with Gasteiger partial charge in [-0.25, -0.2) is 4.39 Å². The minimum absolute atomic E-state index is 0.0966. The van der Waals surface area contributed by atoms with E-state index in [9.17, 15) is 4.39 Å². The largest absolute Gasteiger partial charge is 0.322 e. The molecular weight excluding hydrogens is 249 g/mol. The Bertz CT molecular complexity index is 512. The molecule has 1 aromatic carbocycles. The van der Waals surface area contributed by atoms with Gasteiger partial charge in [0.05, 0.1) is 11.7 Å². The number of nitrogens with zero attached hydrogens (tertiary/aromatic N) is 2. The van der Waals surface area contributed by atoms with Crippen LogP contribution in [-0.2, 0) is 6.54 Å². The zero-order chi connectivity index (χ0) is 13.0. The number of hydrogen-bond donors (Lipinski definition) is 1. The molecule has 1 heterocycles. The van der Waals surface area contributed by atoms with Gasteiger partial charge in [-0.05, 0) is 31.2 Å². The molecule has 96 valence electrons. The number of aryl methyl sites for hydroxylation is 1. The van der Waals surface area contributed by atoms with Crippen molar-refractivity contribution in [2.45, 2.75) is 24.4 Å². The highest BCUT2D eigenvalue weighted by Gasteiger charge is 2.11. The molecule has 18 heavy (non-hydrogen) atoms. The van der Waals surface area contributed by atoms with Crippen LogP contribution in [0, 0.1) is 5.82 Å². The highest BCUT2D eigenvalue weighted by atomic mass is 32.2. The molecule has 5 heteroatoms. The third-order valence-corrected chi connectivity index (χ3v) is 3.77. The first-order valence-corrected chi connectivity index (χ1v) is 6.85. The Morgan fingerprint density at radius 3 is 3.00 bits per heavy atom. The summed E-state index contributed by atoms with van der Waals surface area (Å²) >= 11 is 1.55. The zero-order valence-electron chi connectivity index (χ0n) is 10.2. The van der Waals surface area contributed by atoms with Crippen LogP contribution in [0.25, 0.3) is 0 Å². The number of nitrogens with two attached hydrogens (primary N) is 1. The number of halogens is 1. The second-order valence-electron chi connectivity index (χ2n) is 3.95. The number of aromatic nitrogens is 2. The first kappa shape index (κ1) is 13.1. The molecule has 0 spiro atoms. The Morgan fingerprint density at radius 1 is 1.44 bits per heavy atom. The lowest BCUT2D eigenvalue weighted by atomic mass is 10.2. The quantitative estimate of drug-likeness (QED) is 0.845. The molecule has 1 aromatic heterocycles. The molecule has 0 aliphatic rings. The van der Waals surface area contributed by atoms with E-state index in [1.807, 2.05) is 23.7 Å². The normalized spacial score (nSPS) is 12.6. The maximum Gasteiger partial charge on any atom is 0.124 e. The number of thioether (sulfide) groups is 1. The summed E-state index contributed by atoms with van der Waals surface area (Å²) in [6, 6.07) is 8.39. The predicted octanol–water partition coefficient (Wildman–Crippen LogP) is 2.83. The fourth-order valence-corrected chi connectivity index (χ4v) is 2.66. The Hall–Kier alpha value is -1.33.